The Kier molecular flexibility index (Phi) is 5.23. The Balaban J connectivity index is 1.53. The highest BCUT2D eigenvalue weighted by Gasteiger charge is 2.19. The normalized spacial score (nSPS) is 10.9. The number of carbonyl (C=O) groups is 1. The van der Waals surface area contributed by atoms with Gasteiger partial charge in [-0.25, -0.2) is 9.07 Å². The van der Waals surface area contributed by atoms with Crippen LogP contribution in [0.5, 0.6) is 5.75 Å². The minimum atomic E-state index is -0.313. The molecule has 1 N–H and O–H groups in total. The first-order valence-corrected chi connectivity index (χ1v) is 9.63. The molecule has 4 rings (SSSR count). The van der Waals surface area contributed by atoms with Gasteiger partial charge in [0.1, 0.15) is 11.6 Å². The van der Waals surface area contributed by atoms with Crippen molar-refractivity contribution in [2.45, 2.75) is 20.4 Å². The standard InChI is InChI=1S/C24H22FN3O2/c1-15-23(16(2)28(27-15)21-9-7-20(25)8-10-21)24(29)26-14-17-4-5-19-13-22(30-3)11-6-18(19)12-17/h4-13H,14H2,1-3H3,(H,26,29). The van der Waals surface area contributed by atoms with E-state index in [4.69, 9.17) is 4.74 Å². The monoisotopic (exact) mass is 403 g/mol. The number of hydrogen-bond donors (Lipinski definition) is 1. The molecule has 1 heterocycles. The molecule has 0 spiro atoms. The summed E-state index contributed by atoms with van der Waals surface area (Å²) < 4.78 is 20.1. The third-order valence-electron chi connectivity index (χ3n) is 5.15. The molecule has 0 aliphatic heterocycles. The van der Waals surface area contributed by atoms with Gasteiger partial charge in [-0.15, -0.1) is 0 Å². The number of aryl methyl sites for hydroxylation is 1. The Morgan fingerprint density at radius 3 is 2.47 bits per heavy atom. The second-order valence-electron chi connectivity index (χ2n) is 7.16. The second-order valence-corrected chi connectivity index (χ2v) is 7.16. The number of carbonyl (C=O) groups excluding carboxylic acids is 1. The minimum Gasteiger partial charge on any atom is -0.497 e. The van der Waals surface area contributed by atoms with Crippen LogP contribution < -0.4 is 10.1 Å². The molecular weight excluding hydrogens is 381 g/mol. The molecule has 0 atom stereocenters. The van der Waals surface area contributed by atoms with E-state index in [1.54, 1.807) is 30.8 Å². The van der Waals surface area contributed by atoms with E-state index in [2.05, 4.69) is 16.5 Å². The summed E-state index contributed by atoms with van der Waals surface area (Å²) in [6, 6.07) is 18.0. The number of rotatable bonds is 5. The Labute approximate surface area is 174 Å². The van der Waals surface area contributed by atoms with Gasteiger partial charge < -0.3 is 10.1 Å². The van der Waals surface area contributed by atoms with Crippen molar-refractivity contribution < 1.29 is 13.9 Å². The number of benzene rings is 3. The van der Waals surface area contributed by atoms with Crippen LogP contribution in [0.2, 0.25) is 0 Å². The highest BCUT2D eigenvalue weighted by atomic mass is 19.1. The van der Waals surface area contributed by atoms with Crippen molar-refractivity contribution in [2.24, 2.45) is 0 Å². The van der Waals surface area contributed by atoms with E-state index in [1.165, 1.54) is 12.1 Å². The van der Waals surface area contributed by atoms with E-state index >= 15 is 0 Å². The fourth-order valence-corrected chi connectivity index (χ4v) is 3.59. The predicted octanol–water partition coefficient (Wildman–Crippen LogP) is 4.72. The molecule has 0 unspecified atom stereocenters. The maximum absolute atomic E-state index is 13.2. The summed E-state index contributed by atoms with van der Waals surface area (Å²) in [5, 5.41) is 9.61. The molecule has 0 aliphatic carbocycles. The van der Waals surface area contributed by atoms with Gasteiger partial charge in [0.25, 0.3) is 5.91 Å². The Morgan fingerprint density at radius 1 is 1.03 bits per heavy atom. The zero-order chi connectivity index (χ0) is 21.3. The van der Waals surface area contributed by atoms with Crippen LogP contribution in [0, 0.1) is 19.7 Å². The molecule has 5 nitrogen and oxygen atoms in total. The van der Waals surface area contributed by atoms with Gasteiger partial charge in [0.2, 0.25) is 0 Å². The lowest BCUT2D eigenvalue weighted by Crippen LogP contribution is -2.24. The fourth-order valence-electron chi connectivity index (χ4n) is 3.59. The van der Waals surface area contributed by atoms with Crippen LogP contribution in [-0.2, 0) is 6.54 Å². The van der Waals surface area contributed by atoms with E-state index < -0.39 is 0 Å². The summed E-state index contributed by atoms with van der Waals surface area (Å²) in [5.74, 6) is 0.313. The maximum Gasteiger partial charge on any atom is 0.255 e. The topological polar surface area (TPSA) is 56.1 Å². The second kappa shape index (κ2) is 7.99. The fraction of sp³-hybridized carbons (Fsp3) is 0.167. The number of fused-ring (bicyclic) bond motifs is 1. The average molecular weight is 403 g/mol. The number of aromatic nitrogens is 2. The van der Waals surface area contributed by atoms with Crippen LogP contribution in [0.3, 0.4) is 0 Å². The van der Waals surface area contributed by atoms with E-state index in [-0.39, 0.29) is 11.7 Å². The largest absolute Gasteiger partial charge is 0.497 e. The molecule has 0 aliphatic rings. The van der Waals surface area contributed by atoms with Crippen molar-refractivity contribution in [3.63, 3.8) is 0 Å². The van der Waals surface area contributed by atoms with Crippen molar-refractivity contribution in [3.8, 4) is 11.4 Å². The van der Waals surface area contributed by atoms with Gasteiger partial charge in [0, 0.05) is 6.54 Å². The molecule has 4 aromatic rings. The first-order valence-electron chi connectivity index (χ1n) is 9.63. The molecular formula is C24H22FN3O2. The lowest BCUT2D eigenvalue weighted by molar-refractivity contribution is 0.0949. The predicted molar refractivity (Wildman–Crippen MR) is 115 cm³/mol. The average Bonchev–Trinajstić information content (AvgIpc) is 3.06. The zero-order valence-corrected chi connectivity index (χ0v) is 17.1. The number of nitrogens with one attached hydrogen (secondary N) is 1. The van der Waals surface area contributed by atoms with E-state index in [1.807, 2.05) is 37.3 Å². The van der Waals surface area contributed by atoms with Crippen molar-refractivity contribution in [1.29, 1.82) is 0 Å². The highest BCUT2D eigenvalue weighted by molar-refractivity contribution is 5.96. The van der Waals surface area contributed by atoms with Gasteiger partial charge in [-0.1, -0.05) is 18.2 Å². The molecule has 1 amide bonds. The molecule has 30 heavy (non-hydrogen) atoms. The molecule has 0 radical (unpaired) electrons. The van der Waals surface area contributed by atoms with Crippen molar-refractivity contribution in [3.05, 3.63) is 89.0 Å². The lowest BCUT2D eigenvalue weighted by Gasteiger charge is -2.09. The van der Waals surface area contributed by atoms with Crippen molar-refractivity contribution in [2.75, 3.05) is 7.11 Å². The summed E-state index contributed by atoms with van der Waals surface area (Å²) in [7, 11) is 1.65. The van der Waals surface area contributed by atoms with Gasteiger partial charge in [0.05, 0.1) is 29.7 Å². The van der Waals surface area contributed by atoms with Crippen LogP contribution in [-0.4, -0.2) is 22.8 Å². The smallest absolute Gasteiger partial charge is 0.255 e. The molecule has 1 aromatic heterocycles. The molecule has 0 bridgehead atoms. The first-order chi connectivity index (χ1) is 14.5. The Hall–Kier alpha value is -3.67. The van der Waals surface area contributed by atoms with E-state index in [0.29, 0.717) is 29.2 Å². The van der Waals surface area contributed by atoms with Crippen molar-refractivity contribution in [1.82, 2.24) is 15.1 Å². The number of nitrogens with zero attached hydrogens (tertiary/aromatic N) is 2. The van der Waals surface area contributed by atoms with E-state index in [0.717, 1.165) is 22.1 Å². The molecule has 0 fully saturated rings. The summed E-state index contributed by atoms with van der Waals surface area (Å²) in [5.41, 5.74) is 3.58. The maximum atomic E-state index is 13.2. The van der Waals surface area contributed by atoms with Gasteiger partial charge in [0.15, 0.2) is 0 Å². The van der Waals surface area contributed by atoms with Crippen LogP contribution in [0.1, 0.15) is 27.3 Å². The summed E-state index contributed by atoms with van der Waals surface area (Å²) in [6.45, 7) is 4.04. The molecule has 152 valence electrons. The Bertz CT molecular complexity index is 1230. The summed E-state index contributed by atoms with van der Waals surface area (Å²) in [6.07, 6.45) is 0. The number of ether oxygens (including phenoxy) is 1. The van der Waals surface area contributed by atoms with Gasteiger partial charge >= 0.3 is 0 Å². The quantitative estimate of drug-likeness (QED) is 0.525. The number of halogens is 1. The Morgan fingerprint density at radius 2 is 1.73 bits per heavy atom. The SMILES string of the molecule is COc1ccc2cc(CNC(=O)c3c(C)nn(-c4ccc(F)cc4)c3C)ccc2c1. The number of hydrogen-bond acceptors (Lipinski definition) is 3. The van der Waals surface area contributed by atoms with Crippen LogP contribution in [0.15, 0.2) is 60.7 Å². The van der Waals surface area contributed by atoms with Crippen molar-refractivity contribution >= 4 is 16.7 Å². The zero-order valence-electron chi connectivity index (χ0n) is 17.1. The molecule has 0 saturated heterocycles. The third-order valence-corrected chi connectivity index (χ3v) is 5.15. The first kappa shape index (κ1) is 19.6. The minimum absolute atomic E-state index is 0.187. The van der Waals surface area contributed by atoms with Gasteiger partial charge in [-0.2, -0.15) is 5.10 Å². The summed E-state index contributed by atoms with van der Waals surface area (Å²) >= 11 is 0. The molecule has 3 aromatic carbocycles. The number of methoxy groups -OCH3 is 1. The van der Waals surface area contributed by atoms with Gasteiger partial charge in [-0.05, 0) is 72.6 Å². The van der Waals surface area contributed by atoms with Crippen LogP contribution in [0.25, 0.3) is 16.5 Å². The number of amides is 1. The van der Waals surface area contributed by atoms with Gasteiger partial charge in [-0.3, -0.25) is 4.79 Å². The van der Waals surface area contributed by atoms with Crippen LogP contribution >= 0.6 is 0 Å². The van der Waals surface area contributed by atoms with E-state index in [9.17, 15) is 9.18 Å². The lowest BCUT2D eigenvalue weighted by atomic mass is 10.1. The molecule has 0 saturated carbocycles. The van der Waals surface area contributed by atoms with Crippen LogP contribution in [0.4, 0.5) is 4.39 Å². The molecule has 6 heteroatoms. The summed E-state index contributed by atoms with van der Waals surface area (Å²) in [4.78, 5) is 12.9. The highest BCUT2D eigenvalue weighted by Crippen LogP contribution is 2.22. The third kappa shape index (κ3) is 3.76.